The number of rotatable bonds is 12. The zero-order valence-electron chi connectivity index (χ0n) is 13.5. The number of unbranched alkanes of at least 4 members (excludes halogenated alkanes) is 2. The van der Waals surface area contributed by atoms with Crippen LogP contribution >= 0.6 is 0 Å². The molecule has 0 aromatic carbocycles. The maximum Gasteiger partial charge on any atom is 0.00391 e. The van der Waals surface area contributed by atoms with Gasteiger partial charge in [-0.2, -0.15) is 0 Å². The molecule has 0 saturated heterocycles. The normalized spacial score (nSPS) is 13.5. The third-order valence-electron chi connectivity index (χ3n) is 3.60. The largest absolute Gasteiger partial charge is 0.314 e. The minimum absolute atomic E-state index is 0.676. The summed E-state index contributed by atoms with van der Waals surface area (Å²) >= 11 is 0. The van der Waals surface area contributed by atoms with Crippen molar-refractivity contribution in [1.82, 2.24) is 10.2 Å². The first-order valence-electron chi connectivity index (χ1n) is 8.09. The summed E-state index contributed by atoms with van der Waals surface area (Å²) in [6.07, 6.45) is 7.92. The summed E-state index contributed by atoms with van der Waals surface area (Å²) in [6, 6.07) is 1.37. The molecule has 1 N–H and O–H groups in total. The van der Waals surface area contributed by atoms with Crippen LogP contribution in [-0.2, 0) is 0 Å². The van der Waals surface area contributed by atoms with Crippen LogP contribution < -0.4 is 5.32 Å². The Kier molecular flexibility index (Phi) is 11.9. The molecule has 0 aromatic rings. The van der Waals surface area contributed by atoms with Gasteiger partial charge in [0.1, 0.15) is 0 Å². The molecule has 0 heterocycles. The van der Waals surface area contributed by atoms with E-state index in [1.54, 1.807) is 0 Å². The van der Waals surface area contributed by atoms with E-state index in [1.165, 1.54) is 51.6 Å². The Bertz CT molecular complexity index is 168. The molecule has 0 aliphatic carbocycles. The quantitative estimate of drug-likeness (QED) is 0.530. The molecule has 0 saturated carbocycles. The summed E-state index contributed by atoms with van der Waals surface area (Å²) in [7, 11) is 0. The smallest absolute Gasteiger partial charge is 0.00391 e. The first-order valence-corrected chi connectivity index (χ1v) is 8.09. The first-order chi connectivity index (χ1) is 8.61. The summed E-state index contributed by atoms with van der Waals surface area (Å²) < 4.78 is 0. The van der Waals surface area contributed by atoms with Gasteiger partial charge in [0.25, 0.3) is 0 Å². The Hall–Kier alpha value is -0.0800. The van der Waals surface area contributed by atoms with E-state index in [4.69, 9.17) is 0 Å². The van der Waals surface area contributed by atoms with Crippen LogP contribution in [0.3, 0.4) is 0 Å². The Balaban J connectivity index is 3.69. The van der Waals surface area contributed by atoms with Crippen LogP contribution in [0, 0.1) is 0 Å². The Morgan fingerprint density at radius 1 is 0.889 bits per heavy atom. The van der Waals surface area contributed by atoms with Crippen molar-refractivity contribution in [2.75, 3.05) is 19.6 Å². The molecular formula is C16H36N2. The molecule has 0 radical (unpaired) electrons. The van der Waals surface area contributed by atoms with Crippen molar-refractivity contribution >= 4 is 0 Å². The molecule has 110 valence electrons. The van der Waals surface area contributed by atoms with Crippen molar-refractivity contribution in [3.05, 3.63) is 0 Å². The van der Waals surface area contributed by atoms with Crippen molar-refractivity contribution in [3.8, 4) is 0 Å². The SMILES string of the molecule is CCCCCN(CCCC(C)NCCC)C(C)C. The first kappa shape index (κ1) is 17.9. The van der Waals surface area contributed by atoms with Gasteiger partial charge in [-0.15, -0.1) is 0 Å². The van der Waals surface area contributed by atoms with Crippen LogP contribution in [0.25, 0.3) is 0 Å². The van der Waals surface area contributed by atoms with Gasteiger partial charge in [0.05, 0.1) is 0 Å². The van der Waals surface area contributed by atoms with Crippen molar-refractivity contribution in [2.24, 2.45) is 0 Å². The third-order valence-corrected chi connectivity index (χ3v) is 3.60. The maximum absolute atomic E-state index is 3.57. The lowest BCUT2D eigenvalue weighted by molar-refractivity contribution is 0.210. The van der Waals surface area contributed by atoms with E-state index in [1.807, 2.05) is 0 Å². The number of hydrogen-bond donors (Lipinski definition) is 1. The van der Waals surface area contributed by atoms with Crippen LogP contribution in [0.15, 0.2) is 0 Å². The Labute approximate surface area is 116 Å². The van der Waals surface area contributed by atoms with Crippen molar-refractivity contribution < 1.29 is 0 Å². The van der Waals surface area contributed by atoms with E-state index in [0.717, 1.165) is 6.54 Å². The van der Waals surface area contributed by atoms with E-state index >= 15 is 0 Å². The minimum atomic E-state index is 0.676. The van der Waals surface area contributed by atoms with Gasteiger partial charge in [0.15, 0.2) is 0 Å². The molecule has 1 atom stereocenters. The van der Waals surface area contributed by atoms with Gasteiger partial charge in [-0.05, 0) is 66.1 Å². The Morgan fingerprint density at radius 3 is 2.11 bits per heavy atom. The van der Waals surface area contributed by atoms with Gasteiger partial charge in [-0.3, -0.25) is 0 Å². The average molecular weight is 256 g/mol. The molecule has 0 fully saturated rings. The third kappa shape index (κ3) is 9.90. The second-order valence-electron chi connectivity index (χ2n) is 5.83. The topological polar surface area (TPSA) is 15.3 Å². The zero-order valence-corrected chi connectivity index (χ0v) is 13.5. The molecule has 0 spiro atoms. The van der Waals surface area contributed by atoms with Gasteiger partial charge >= 0.3 is 0 Å². The van der Waals surface area contributed by atoms with Gasteiger partial charge in [-0.1, -0.05) is 26.7 Å². The summed E-state index contributed by atoms with van der Waals surface area (Å²) in [6.45, 7) is 15.2. The minimum Gasteiger partial charge on any atom is -0.314 e. The van der Waals surface area contributed by atoms with Gasteiger partial charge in [0.2, 0.25) is 0 Å². The molecule has 2 nitrogen and oxygen atoms in total. The molecule has 1 unspecified atom stereocenters. The van der Waals surface area contributed by atoms with E-state index < -0.39 is 0 Å². The molecule has 0 aliphatic heterocycles. The van der Waals surface area contributed by atoms with Crippen LogP contribution in [0.1, 0.15) is 73.1 Å². The highest BCUT2D eigenvalue weighted by Gasteiger charge is 2.09. The summed E-state index contributed by atoms with van der Waals surface area (Å²) in [5.74, 6) is 0. The molecular weight excluding hydrogens is 220 g/mol. The van der Waals surface area contributed by atoms with Crippen LogP contribution in [-0.4, -0.2) is 36.6 Å². The number of nitrogens with one attached hydrogen (secondary N) is 1. The molecule has 0 aliphatic rings. The second kappa shape index (κ2) is 12.0. The van der Waals surface area contributed by atoms with Gasteiger partial charge in [-0.25, -0.2) is 0 Å². The zero-order chi connectivity index (χ0) is 13.8. The van der Waals surface area contributed by atoms with E-state index in [-0.39, 0.29) is 0 Å². The van der Waals surface area contributed by atoms with Crippen molar-refractivity contribution in [3.63, 3.8) is 0 Å². The highest BCUT2D eigenvalue weighted by molar-refractivity contribution is 4.66. The molecule has 0 amide bonds. The standard InChI is InChI=1S/C16H36N2/c1-6-8-9-13-18(15(3)4)14-10-11-16(5)17-12-7-2/h15-17H,6-14H2,1-5H3. The lowest BCUT2D eigenvalue weighted by atomic mass is 10.1. The molecule has 0 aromatic heterocycles. The van der Waals surface area contributed by atoms with Crippen LogP contribution in [0.5, 0.6) is 0 Å². The molecule has 0 bridgehead atoms. The summed E-state index contributed by atoms with van der Waals surface area (Å²) in [5, 5.41) is 3.57. The van der Waals surface area contributed by atoms with Gasteiger partial charge < -0.3 is 10.2 Å². The fourth-order valence-corrected chi connectivity index (χ4v) is 2.29. The lowest BCUT2D eigenvalue weighted by Crippen LogP contribution is -2.34. The highest BCUT2D eigenvalue weighted by Crippen LogP contribution is 2.06. The van der Waals surface area contributed by atoms with Crippen molar-refractivity contribution in [1.29, 1.82) is 0 Å². The van der Waals surface area contributed by atoms with Crippen molar-refractivity contribution in [2.45, 2.75) is 85.2 Å². The number of nitrogens with zero attached hydrogens (tertiary/aromatic N) is 1. The average Bonchev–Trinajstić information content (AvgIpc) is 2.34. The van der Waals surface area contributed by atoms with E-state index in [2.05, 4.69) is 44.8 Å². The maximum atomic E-state index is 3.57. The monoisotopic (exact) mass is 256 g/mol. The lowest BCUT2D eigenvalue weighted by Gasteiger charge is -2.27. The van der Waals surface area contributed by atoms with Crippen LogP contribution in [0.2, 0.25) is 0 Å². The predicted octanol–water partition coefficient (Wildman–Crippen LogP) is 4.06. The van der Waals surface area contributed by atoms with Gasteiger partial charge in [0, 0.05) is 12.1 Å². The van der Waals surface area contributed by atoms with E-state index in [0.29, 0.717) is 12.1 Å². The Morgan fingerprint density at radius 2 is 1.56 bits per heavy atom. The van der Waals surface area contributed by atoms with E-state index in [9.17, 15) is 0 Å². The van der Waals surface area contributed by atoms with Crippen LogP contribution in [0.4, 0.5) is 0 Å². The molecule has 2 heteroatoms. The second-order valence-corrected chi connectivity index (χ2v) is 5.83. The fraction of sp³-hybridized carbons (Fsp3) is 1.00. The summed E-state index contributed by atoms with van der Waals surface area (Å²) in [5.41, 5.74) is 0. The predicted molar refractivity (Wildman–Crippen MR) is 83.2 cm³/mol. The summed E-state index contributed by atoms with van der Waals surface area (Å²) in [4.78, 5) is 2.64. The fourth-order valence-electron chi connectivity index (χ4n) is 2.29. The highest BCUT2D eigenvalue weighted by atomic mass is 15.1. The molecule has 0 rings (SSSR count). The molecule has 18 heavy (non-hydrogen) atoms. The number of hydrogen-bond acceptors (Lipinski definition) is 2.